The average Bonchev–Trinajstić information content (AvgIpc) is 3.33. The molecule has 0 aliphatic rings. The third kappa shape index (κ3) is 4.54. The van der Waals surface area contributed by atoms with E-state index in [1.54, 1.807) is 23.6 Å². The summed E-state index contributed by atoms with van der Waals surface area (Å²) in [4.78, 5) is 33.2. The summed E-state index contributed by atoms with van der Waals surface area (Å²) in [6, 6.07) is 5.18. The van der Waals surface area contributed by atoms with Crippen LogP contribution in [0.2, 0.25) is 0 Å². The van der Waals surface area contributed by atoms with E-state index in [1.807, 2.05) is 6.92 Å². The third-order valence-electron chi connectivity index (χ3n) is 3.55. The molecule has 28 heavy (non-hydrogen) atoms. The molecule has 0 saturated carbocycles. The Balaban J connectivity index is 0.00000225. The zero-order chi connectivity index (χ0) is 19.0. The molecule has 0 fully saturated rings. The number of nitrogens with one attached hydrogen (secondary N) is 2. The molecule has 1 aromatic carbocycles. The fraction of sp³-hybridized carbons (Fsp3) is 0.125. The monoisotopic (exact) mass is 437 g/mol. The van der Waals surface area contributed by atoms with E-state index in [1.165, 1.54) is 29.6 Å². The van der Waals surface area contributed by atoms with Crippen molar-refractivity contribution >= 4 is 56.3 Å². The summed E-state index contributed by atoms with van der Waals surface area (Å²) >= 11 is 2.56. The van der Waals surface area contributed by atoms with Gasteiger partial charge in [-0.2, -0.15) is 0 Å². The van der Waals surface area contributed by atoms with Gasteiger partial charge in [-0.15, -0.1) is 11.3 Å². The fourth-order valence-corrected chi connectivity index (χ4v) is 4.14. The molecule has 4 aromatic rings. The summed E-state index contributed by atoms with van der Waals surface area (Å²) in [5, 5.41) is 19.4. The van der Waals surface area contributed by atoms with Crippen molar-refractivity contribution in [1.82, 2.24) is 25.4 Å². The molecule has 3 heterocycles. The van der Waals surface area contributed by atoms with Crippen molar-refractivity contribution in [2.75, 3.05) is 10.6 Å². The Labute approximate surface area is 209 Å². The van der Waals surface area contributed by atoms with Gasteiger partial charge in [0.15, 0.2) is 10.1 Å². The van der Waals surface area contributed by atoms with Crippen LogP contribution in [0.3, 0.4) is 0 Å². The number of amides is 2. The van der Waals surface area contributed by atoms with Crippen molar-refractivity contribution in [1.29, 1.82) is 0 Å². The largest absolute Gasteiger partial charge is 1.00 e. The number of rotatable bonds is 4. The van der Waals surface area contributed by atoms with Crippen LogP contribution < -0.4 is 67.1 Å². The summed E-state index contributed by atoms with van der Waals surface area (Å²) in [7, 11) is 0. The van der Waals surface area contributed by atoms with Gasteiger partial charge in [-0.05, 0) is 30.1 Å². The zero-order valence-electron chi connectivity index (χ0n) is 15.2. The maximum Gasteiger partial charge on any atom is 1.00 e. The van der Waals surface area contributed by atoms with E-state index in [0.717, 1.165) is 10.6 Å². The van der Waals surface area contributed by atoms with Crippen LogP contribution in [0.15, 0.2) is 23.6 Å². The average molecular weight is 438 g/mol. The normalized spacial score (nSPS) is 10.5. The minimum absolute atomic E-state index is 0. The van der Waals surface area contributed by atoms with E-state index < -0.39 is 0 Å². The van der Waals surface area contributed by atoms with Crippen LogP contribution in [0.1, 0.15) is 22.4 Å². The molecule has 0 aliphatic carbocycles. The van der Waals surface area contributed by atoms with Crippen LogP contribution in [-0.4, -0.2) is 32.1 Å². The Hall–Kier alpha value is -1.54. The predicted molar refractivity (Wildman–Crippen MR) is 103 cm³/mol. The molecule has 2 N–H and O–H groups in total. The molecule has 0 bridgehead atoms. The van der Waals surface area contributed by atoms with Crippen molar-refractivity contribution in [2.24, 2.45) is 0 Å². The van der Waals surface area contributed by atoms with E-state index in [-0.39, 0.29) is 63.2 Å². The molecule has 4 rings (SSSR count). The molecule has 9 nitrogen and oxygen atoms in total. The number of nitrogens with zero attached hydrogens (tertiary/aromatic N) is 5. The Morgan fingerprint density at radius 2 is 2.00 bits per heavy atom. The molecule has 0 unspecified atom stereocenters. The van der Waals surface area contributed by atoms with E-state index >= 15 is 0 Å². The van der Waals surface area contributed by atoms with E-state index in [2.05, 4.69) is 36.0 Å². The first-order valence-corrected chi connectivity index (χ1v) is 9.47. The second kappa shape index (κ2) is 8.86. The second-order valence-corrected chi connectivity index (χ2v) is 7.46. The number of hydrogen-bond acceptors (Lipinski definition) is 8. The minimum Gasteiger partial charge on any atom is -0.350 e. The summed E-state index contributed by atoms with van der Waals surface area (Å²) in [5.41, 5.74) is 3.26. The SMILES string of the molecule is CC(=O)Nc1nc(C)c(-c2csc(C(=O)Nc3ccc4[n-]nnc4c3)n2)s1.[K+]. The quantitative estimate of drug-likeness (QED) is 0.420. The molecule has 0 spiro atoms. The number of aromatic nitrogens is 5. The molecular weight excluding hydrogens is 425 g/mol. The van der Waals surface area contributed by atoms with Crippen LogP contribution in [0, 0.1) is 6.92 Å². The number of hydrogen-bond donors (Lipinski definition) is 2. The van der Waals surface area contributed by atoms with Gasteiger partial charge in [0.2, 0.25) is 5.91 Å². The van der Waals surface area contributed by atoms with Crippen molar-refractivity contribution in [3.05, 3.63) is 34.3 Å². The Morgan fingerprint density at radius 3 is 2.79 bits per heavy atom. The molecule has 136 valence electrons. The molecule has 0 atom stereocenters. The van der Waals surface area contributed by atoms with Crippen molar-refractivity contribution in [2.45, 2.75) is 13.8 Å². The van der Waals surface area contributed by atoms with E-state index in [4.69, 9.17) is 0 Å². The van der Waals surface area contributed by atoms with Gasteiger partial charge in [-0.1, -0.05) is 17.4 Å². The number of thiazole rings is 2. The molecule has 12 heteroatoms. The maximum atomic E-state index is 12.5. The third-order valence-corrected chi connectivity index (χ3v) is 5.49. The Morgan fingerprint density at radius 1 is 1.18 bits per heavy atom. The van der Waals surface area contributed by atoms with Crippen molar-refractivity contribution < 1.29 is 61.0 Å². The van der Waals surface area contributed by atoms with Gasteiger partial charge in [-0.3, -0.25) is 14.8 Å². The van der Waals surface area contributed by atoms with E-state index in [0.29, 0.717) is 32.6 Å². The second-order valence-electron chi connectivity index (χ2n) is 5.60. The van der Waals surface area contributed by atoms with Crippen LogP contribution in [0.4, 0.5) is 10.8 Å². The molecule has 3 aromatic heterocycles. The Kier molecular flexibility index (Phi) is 6.70. The summed E-state index contributed by atoms with van der Waals surface area (Å²) in [6.07, 6.45) is 0. The van der Waals surface area contributed by atoms with Crippen molar-refractivity contribution in [3.63, 3.8) is 0 Å². The Bertz CT molecular complexity index is 1170. The molecule has 0 radical (unpaired) electrons. The number of fused-ring (bicyclic) bond motifs is 1. The maximum absolute atomic E-state index is 12.5. The first-order valence-electron chi connectivity index (χ1n) is 7.77. The smallest absolute Gasteiger partial charge is 0.350 e. The topological polar surface area (TPSA) is 124 Å². The van der Waals surface area contributed by atoms with Crippen molar-refractivity contribution in [3.8, 4) is 10.6 Å². The number of carbonyl (C=O) groups is 2. The number of benzene rings is 1. The van der Waals surface area contributed by atoms with Gasteiger partial charge in [0.05, 0.1) is 16.3 Å². The standard InChI is InChI=1S/C16H13N7O2S2.K/c1-7-13(27-16(17-7)18-8(2)24)12-6-26-15(20-12)14(25)19-9-3-4-10-11(5-9)22-23-21-10;/h3-6H,1-2H3,(H3,17,18,19,20,21,22,23,24,25);/q;+1/p-1. The van der Waals surface area contributed by atoms with Crippen LogP contribution >= 0.6 is 22.7 Å². The van der Waals surface area contributed by atoms with Gasteiger partial charge < -0.3 is 20.8 Å². The molecule has 0 saturated heterocycles. The van der Waals surface area contributed by atoms with Gasteiger partial charge in [0, 0.05) is 18.0 Å². The number of aryl methyl sites for hydroxylation is 1. The zero-order valence-corrected chi connectivity index (χ0v) is 19.9. The van der Waals surface area contributed by atoms with Crippen LogP contribution in [0.25, 0.3) is 21.6 Å². The molecule has 0 aliphatic heterocycles. The summed E-state index contributed by atoms with van der Waals surface area (Å²) < 4.78 is 0. The fourth-order valence-electron chi connectivity index (χ4n) is 2.39. The minimum atomic E-state index is -0.317. The summed E-state index contributed by atoms with van der Waals surface area (Å²) in [6.45, 7) is 3.26. The van der Waals surface area contributed by atoms with Crippen LogP contribution in [0.5, 0.6) is 0 Å². The number of anilines is 2. The molecule has 2 amide bonds. The van der Waals surface area contributed by atoms with Gasteiger partial charge in [0.25, 0.3) is 5.91 Å². The molecular formula is C16H12KN7O2S2. The van der Waals surface area contributed by atoms with Gasteiger partial charge >= 0.3 is 51.4 Å². The van der Waals surface area contributed by atoms with Gasteiger partial charge in [-0.25, -0.2) is 9.97 Å². The van der Waals surface area contributed by atoms with Crippen LogP contribution in [-0.2, 0) is 4.79 Å². The predicted octanol–water partition coefficient (Wildman–Crippen LogP) is -0.310. The first kappa shape index (κ1) is 21.2. The summed E-state index contributed by atoms with van der Waals surface area (Å²) in [5.74, 6) is -0.502. The first-order chi connectivity index (χ1) is 13.0. The van der Waals surface area contributed by atoms with E-state index in [9.17, 15) is 9.59 Å². The number of carbonyl (C=O) groups excluding carboxylic acids is 2. The van der Waals surface area contributed by atoms with Gasteiger partial charge in [0.1, 0.15) is 0 Å².